The lowest BCUT2D eigenvalue weighted by Crippen LogP contribution is -2.42. The minimum Gasteiger partial charge on any atom is -0.447 e. The Morgan fingerprint density at radius 2 is 1.71 bits per heavy atom. The van der Waals surface area contributed by atoms with Crippen molar-refractivity contribution in [3.63, 3.8) is 0 Å². The van der Waals surface area contributed by atoms with Crippen molar-refractivity contribution < 1.29 is 32.7 Å². The maximum absolute atomic E-state index is 13.6. The Morgan fingerprint density at radius 1 is 1.00 bits per heavy atom. The van der Waals surface area contributed by atoms with Crippen LogP contribution in [-0.4, -0.2) is 36.9 Å². The van der Waals surface area contributed by atoms with Crippen LogP contribution in [0.25, 0.3) is 0 Å². The zero-order chi connectivity index (χ0) is 22.8. The number of carbonyl (C=O) groups is 4. The van der Waals surface area contributed by atoms with Crippen LogP contribution >= 0.6 is 0 Å². The maximum Gasteiger partial charge on any atom is 0.321 e. The van der Waals surface area contributed by atoms with Gasteiger partial charge < -0.3 is 15.4 Å². The van der Waals surface area contributed by atoms with Crippen LogP contribution in [0.4, 0.5) is 13.6 Å². The summed E-state index contributed by atoms with van der Waals surface area (Å²) in [5.41, 5.74) is -0.0340. The van der Waals surface area contributed by atoms with E-state index in [2.05, 4.69) is 16.0 Å². The molecule has 0 fully saturated rings. The smallest absolute Gasteiger partial charge is 0.321 e. The molecule has 1 atom stereocenters. The van der Waals surface area contributed by atoms with Gasteiger partial charge in [0.25, 0.3) is 11.8 Å². The van der Waals surface area contributed by atoms with Crippen LogP contribution in [0.15, 0.2) is 48.5 Å². The Labute approximate surface area is 177 Å². The van der Waals surface area contributed by atoms with E-state index in [4.69, 9.17) is 4.74 Å². The van der Waals surface area contributed by atoms with Gasteiger partial charge >= 0.3 is 12.0 Å². The fourth-order valence-corrected chi connectivity index (χ4v) is 2.52. The second-order valence-electron chi connectivity index (χ2n) is 6.26. The van der Waals surface area contributed by atoms with Crippen LogP contribution in [0, 0.1) is 11.6 Å². The first-order valence-corrected chi connectivity index (χ1v) is 9.38. The molecule has 0 heterocycles. The molecule has 4 amide bonds. The molecular weight excluding hydrogens is 412 g/mol. The largest absolute Gasteiger partial charge is 0.447 e. The quantitative estimate of drug-likeness (QED) is 0.553. The average molecular weight is 433 g/mol. The highest BCUT2D eigenvalue weighted by Crippen LogP contribution is 2.18. The van der Waals surface area contributed by atoms with Gasteiger partial charge in [-0.3, -0.25) is 19.7 Å². The van der Waals surface area contributed by atoms with E-state index >= 15 is 0 Å². The van der Waals surface area contributed by atoms with Crippen LogP contribution in [0.3, 0.4) is 0 Å². The normalized spacial score (nSPS) is 11.2. The predicted octanol–water partition coefficient (Wildman–Crippen LogP) is 2.21. The zero-order valence-electron chi connectivity index (χ0n) is 16.6. The van der Waals surface area contributed by atoms with Crippen molar-refractivity contribution in [2.24, 2.45) is 0 Å². The van der Waals surface area contributed by atoms with Crippen LogP contribution in [0.5, 0.6) is 0 Å². The second-order valence-corrected chi connectivity index (χ2v) is 6.26. The third kappa shape index (κ3) is 7.18. The zero-order valence-corrected chi connectivity index (χ0v) is 16.6. The molecule has 0 aliphatic carbocycles. The molecule has 0 bridgehead atoms. The summed E-state index contributed by atoms with van der Waals surface area (Å²) in [5, 5.41) is 6.79. The van der Waals surface area contributed by atoms with Gasteiger partial charge in [-0.2, -0.15) is 0 Å². The molecule has 0 aromatic heterocycles. The summed E-state index contributed by atoms with van der Waals surface area (Å²) in [6, 6.07) is 9.81. The first kappa shape index (κ1) is 23.5. The van der Waals surface area contributed by atoms with Gasteiger partial charge in [0.05, 0.1) is 12.0 Å². The standard InChI is InChI=1S/C21H21F2N3O5/c1-2-24-21(30)26-20(29)18(13-6-4-3-5-7-13)31-17(27)10-11-25-19(28)15-9-8-14(22)12-16(15)23/h3-9,12,18H,2,10-11H2,1H3,(H,25,28)(H2,24,26,29,30). The molecule has 2 aromatic rings. The van der Waals surface area contributed by atoms with Crippen molar-refractivity contribution in [2.45, 2.75) is 19.4 Å². The van der Waals surface area contributed by atoms with Gasteiger partial charge in [-0.25, -0.2) is 13.6 Å². The van der Waals surface area contributed by atoms with E-state index < -0.39 is 41.6 Å². The number of amides is 4. The lowest BCUT2D eigenvalue weighted by Gasteiger charge is -2.18. The molecule has 2 rings (SSSR count). The number of halogens is 2. The maximum atomic E-state index is 13.6. The van der Waals surface area contributed by atoms with Gasteiger partial charge in [-0.05, 0) is 19.1 Å². The molecule has 2 aromatic carbocycles. The molecule has 0 aliphatic heterocycles. The first-order valence-electron chi connectivity index (χ1n) is 9.38. The van der Waals surface area contributed by atoms with Crippen molar-refractivity contribution in [2.75, 3.05) is 13.1 Å². The fourth-order valence-electron chi connectivity index (χ4n) is 2.52. The van der Waals surface area contributed by atoms with E-state index in [-0.39, 0.29) is 18.5 Å². The number of ether oxygens (including phenoxy) is 1. The van der Waals surface area contributed by atoms with Crippen molar-refractivity contribution in [1.29, 1.82) is 0 Å². The van der Waals surface area contributed by atoms with Crippen LogP contribution in [0.2, 0.25) is 0 Å². The minimum atomic E-state index is -1.39. The molecule has 8 nitrogen and oxygen atoms in total. The van der Waals surface area contributed by atoms with E-state index in [1.54, 1.807) is 37.3 Å². The summed E-state index contributed by atoms with van der Waals surface area (Å²) in [6.45, 7) is 1.75. The molecule has 3 N–H and O–H groups in total. The van der Waals surface area contributed by atoms with E-state index in [0.717, 1.165) is 12.1 Å². The van der Waals surface area contributed by atoms with E-state index in [9.17, 15) is 28.0 Å². The molecular formula is C21H21F2N3O5. The summed E-state index contributed by atoms with van der Waals surface area (Å²) in [7, 11) is 0. The monoisotopic (exact) mass is 433 g/mol. The van der Waals surface area contributed by atoms with Crippen LogP contribution in [-0.2, 0) is 14.3 Å². The number of esters is 1. The Kier molecular flexibility index (Phi) is 8.62. The molecule has 0 aliphatic rings. The Balaban J connectivity index is 1.96. The first-order chi connectivity index (χ1) is 14.8. The van der Waals surface area contributed by atoms with Gasteiger partial charge in [0, 0.05) is 24.7 Å². The molecule has 0 radical (unpaired) electrons. The number of urea groups is 1. The predicted molar refractivity (Wildman–Crippen MR) is 106 cm³/mol. The number of hydrogen-bond donors (Lipinski definition) is 3. The highest BCUT2D eigenvalue weighted by Gasteiger charge is 2.26. The third-order valence-electron chi connectivity index (χ3n) is 3.95. The summed E-state index contributed by atoms with van der Waals surface area (Å²) >= 11 is 0. The molecule has 31 heavy (non-hydrogen) atoms. The highest BCUT2D eigenvalue weighted by molar-refractivity contribution is 5.98. The van der Waals surface area contributed by atoms with Gasteiger partial charge in [-0.1, -0.05) is 30.3 Å². The van der Waals surface area contributed by atoms with Crippen molar-refractivity contribution in [3.05, 3.63) is 71.3 Å². The summed E-state index contributed by atoms with van der Waals surface area (Å²) in [5.74, 6) is -4.37. The lowest BCUT2D eigenvalue weighted by molar-refractivity contribution is -0.156. The number of rotatable bonds is 8. The van der Waals surface area contributed by atoms with Crippen molar-refractivity contribution in [3.8, 4) is 0 Å². The minimum absolute atomic E-state index is 0.214. The van der Waals surface area contributed by atoms with E-state index in [1.807, 2.05) is 0 Å². The average Bonchev–Trinajstić information content (AvgIpc) is 2.72. The van der Waals surface area contributed by atoms with Crippen LogP contribution in [0.1, 0.15) is 35.4 Å². The molecule has 0 saturated carbocycles. The van der Waals surface area contributed by atoms with Crippen molar-refractivity contribution in [1.82, 2.24) is 16.0 Å². The number of carbonyl (C=O) groups excluding carboxylic acids is 4. The Hall–Kier alpha value is -3.82. The van der Waals surface area contributed by atoms with Gasteiger partial charge in [-0.15, -0.1) is 0 Å². The van der Waals surface area contributed by atoms with Crippen LogP contribution < -0.4 is 16.0 Å². The molecule has 1 unspecified atom stereocenters. The van der Waals surface area contributed by atoms with Crippen molar-refractivity contribution >= 4 is 23.8 Å². The molecule has 10 heteroatoms. The van der Waals surface area contributed by atoms with E-state index in [1.165, 1.54) is 0 Å². The molecule has 0 saturated heterocycles. The van der Waals surface area contributed by atoms with Gasteiger partial charge in [0.2, 0.25) is 6.10 Å². The lowest BCUT2D eigenvalue weighted by atomic mass is 10.1. The SMILES string of the molecule is CCNC(=O)NC(=O)C(OC(=O)CCNC(=O)c1ccc(F)cc1F)c1ccccc1. The summed E-state index contributed by atoms with van der Waals surface area (Å²) in [4.78, 5) is 48.2. The summed E-state index contributed by atoms with van der Waals surface area (Å²) < 4.78 is 31.8. The topological polar surface area (TPSA) is 114 Å². The number of benzene rings is 2. The third-order valence-corrected chi connectivity index (χ3v) is 3.95. The second kappa shape index (κ2) is 11.4. The van der Waals surface area contributed by atoms with Gasteiger partial charge in [0.15, 0.2) is 0 Å². The Bertz CT molecular complexity index is 953. The van der Waals surface area contributed by atoms with Gasteiger partial charge in [0.1, 0.15) is 11.6 Å². The Morgan fingerprint density at radius 3 is 2.35 bits per heavy atom. The number of imide groups is 1. The summed E-state index contributed by atoms with van der Waals surface area (Å²) in [6.07, 6.45) is -1.71. The highest BCUT2D eigenvalue weighted by atomic mass is 19.1. The molecule has 0 spiro atoms. The molecule has 164 valence electrons. The number of nitrogens with one attached hydrogen (secondary N) is 3. The number of hydrogen-bond acceptors (Lipinski definition) is 5. The van der Waals surface area contributed by atoms with E-state index in [0.29, 0.717) is 18.2 Å². The fraction of sp³-hybridized carbons (Fsp3) is 0.238.